The maximum absolute atomic E-state index is 14.1. The van der Waals surface area contributed by atoms with Gasteiger partial charge in [0.2, 0.25) is 5.43 Å². The molecule has 0 saturated carbocycles. The van der Waals surface area contributed by atoms with Crippen molar-refractivity contribution in [3.8, 4) is 33.4 Å². The van der Waals surface area contributed by atoms with Crippen LogP contribution in [0.3, 0.4) is 0 Å². The predicted octanol–water partition coefficient (Wildman–Crippen LogP) is 11.0. The summed E-state index contributed by atoms with van der Waals surface area (Å²) in [5.74, 6) is 0. The molecule has 0 radical (unpaired) electrons. The maximum Gasteiger partial charge on any atom is 0.200 e. The molecule has 0 atom stereocenters. The summed E-state index contributed by atoms with van der Waals surface area (Å²) in [5.41, 5.74) is 13.7. The van der Waals surface area contributed by atoms with Gasteiger partial charge in [-0.2, -0.15) is 0 Å². The lowest BCUT2D eigenvalue weighted by molar-refractivity contribution is 0.659. The fraction of sp³-hybridized carbons (Fsp3) is 0.140. The van der Waals surface area contributed by atoms with E-state index < -0.39 is 0 Å². The molecular weight excluding hydrogens is 548 g/mol. The number of rotatable bonds is 2. The zero-order valence-electron chi connectivity index (χ0n) is 26.1. The van der Waals surface area contributed by atoms with Crippen LogP contribution in [0, 0.1) is 0 Å². The number of allylic oxidation sites excluding steroid dienone is 5. The van der Waals surface area contributed by atoms with Crippen molar-refractivity contribution in [2.24, 2.45) is 0 Å². The van der Waals surface area contributed by atoms with E-state index in [1.54, 1.807) is 0 Å². The van der Waals surface area contributed by atoms with Gasteiger partial charge in [-0.3, -0.25) is 4.79 Å². The average Bonchev–Trinajstić information content (AvgIpc) is 3.28. The fourth-order valence-electron chi connectivity index (χ4n) is 7.28. The van der Waals surface area contributed by atoms with E-state index >= 15 is 0 Å². The van der Waals surface area contributed by atoms with Crippen molar-refractivity contribution < 1.29 is 4.42 Å². The SMILES string of the molecule is C=C1/C=C\C=C/C(C)(C)c2cc(-c3ccc4oc5ccc(-c6ccc7c(c6)C(C)(C)c6ccccc6-7)cc5c(=O)c4c3)ccc21. The monoisotopic (exact) mass is 582 g/mol. The average molecular weight is 583 g/mol. The fourth-order valence-corrected chi connectivity index (χ4v) is 7.28. The van der Waals surface area contributed by atoms with Gasteiger partial charge in [-0.25, -0.2) is 0 Å². The first kappa shape index (κ1) is 27.3. The number of fused-ring (bicyclic) bond motifs is 6. The Morgan fingerprint density at radius 1 is 0.578 bits per heavy atom. The number of hydrogen-bond donors (Lipinski definition) is 0. The van der Waals surface area contributed by atoms with Crippen LogP contribution in [0.4, 0.5) is 0 Å². The molecule has 0 amide bonds. The van der Waals surface area contributed by atoms with Gasteiger partial charge in [0.25, 0.3) is 0 Å². The first-order chi connectivity index (χ1) is 21.6. The Labute approximate surface area is 263 Å². The smallest absolute Gasteiger partial charge is 0.200 e. The summed E-state index contributed by atoms with van der Waals surface area (Å²) in [7, 11) is 0. The van der Waals surface area contributed by atoms with Crippen LogP contribution in [-0.4, -0.2) is 0 Å². The minimum absolute atomic E-state index is 0.0168. The molecule has 0 fully saturated rings. The largest absolute Gasteiger partial charge is 0.456 e. The summed E-state index contributed by atoms with van der Waals surface area (Å²) in [6, 6.07) is 33.8. The van der Waals surface area contributed by atoms with Gasteiger partial charge in [0.15, 0.2) is 0 Å². The summed E-state index contributed by atoms with van der Waals surface area (Å²) < 4.78 is 6.30. The predicted molar refractivity (Wildman–Crippen MR) is 189 cm³/mol. The highest BCUT2D eigenvalue weighted by Gasteiger charge is 2.35. The molecule has 8 rings (SSSR count). The summed E-state index contributed by atoms with van der Waals surface area (Å²) in [4.78, 5) is 14.1. The van der Waals surface area contributed by atoms with Gasteiger partial charge in [0, 0.05) is 10.8 Å². The molecule has 2 aliphatic rings. The molecule has 0 aliphatic heterocycles. The van der Waals surface area contributed by atoms with Crippen LogP contribution in [0.15, 0.2) is 137 Å². The number of hydrogen-bond acceptors (Lipinski definition) is 2. The molecule has 0 saturated heterocycles. The van der Waals surface area contributed by atoms with E-state index in [4.69, 9.17) is 4.42 Å². The van der Waals surface area contributed by atoms with E-state index in [0.29, 0.717) is 21.9 Å². The van der Waals surface area contributed by atoms with Crippen molar-refractivity contribution in [3.05, 3.63) is 160 Å². The van der Waals surface area contributed by atoms with Crippen LogP contribution in [0.1, 0.15) is 49.9 Å². The summed E-state index contributed by atoms with van der Waals surface area (Å²) in [6.07, 6.45) is 8.40. The van der Waals surface area contributed by atoms with Crippen molar-refractivity contribution in [3.63, 3.8) is 0 Å². The molecule has 0 spiro atoms. The molecule has 2 aliphatic carbocycles. The second-order valence-electron chi connectivity index (χ2n) is 13.5. The first-order valence-corrected chi connectivity index (χ1v) is 15.6. The molecular formula is C43H34O2. The van der Waals surface area contributed by atoms with Crippen LogP contribution in [-0.2, 0) is 10.8 Å². The normalized spacial score (nSPS) is 17.3. The lowest BCUT2D eigenvalue weighted by Crippen LogP contribution is -2.16. The minimum Gasteiger partial charge on any atom is -0.456 e. The Balaban J connectivity index is 1.23. The van der Waals surface area contributed by atoms with Crippen LogP contribution >= 0.6 is 0 Å². The van der Waals surface area contributed by atoms with Crippen molar-refractivity contribution >= 4 is 27.5 Å². The maximum atomic E-state index is 14.1. The van der Waals surface area contributed by atoms with Crippen LogP contribution in [0.25, 0.3) is 60.9 Å². The Hall–Kier alpha value is -5.21. The van der Waals surface area contributed by atoms with E-state index in [1.165, 1.54) is 27.8 Å². The summed E-state index contributed by atoms with van der Waals surface area (Å²) in [6.45, 7) is 13.3. The molecule has 0 N–H and O–H groups in total. The van der Waals surface area contributed by atoms with E-state index in [-0.39, 0.29) is 16.3 Å². The zero-order chi connectivity index (χ0) is 31.1. The molecule has 5 aromatic carbocycles. The van der Waals surface area contributed by atoms with Crippen molar-refractivity contribution in [1.82, 2.24) is 0 Å². The van der Waals surface area contributed by atoms with Crippen molar-refractivity contribution in [2.45, 2.75) is 38.5 Å². The van der Waals surface area contributed by atoms with Gasteiger partial charge in [0.05, 0.1) is 10.8 Å². The Bertz CT molecular complexity index is 2360. The summed E-state index contributed by atoms with van der Waals surface area (Å²) >= 11 is 0. The zero-order valence-corrected chi connectivity index (χ0v) is 26.1. The highest BCUT2D eigenvalue weighted by atomic mass is 16.3. The lowest BCUT2D eigenvalue weighted by Gasteiger charge is -2.26. The molecule has 218 valence electrons. The quantitative estimate of drug-likeness (QED) is 0.190. The molecule has 2 nitrogen and oxygen atoms in total. The molecule has 2 heteroatoms. The van der Waals surface area contributed by atoms with Crippen LogP contribution < -0.4 is 5.43 Å². The highest BCUT2D eigenvalue weighted by molar-refractivity contribution is 5.94. The van der Waals surface area contributed by atoms with Gasteiger partial charge in [-0.1, -0.05) is 119 Å². The molecule has 0 unspecified atom stereocenters. The van der Waals surface area contributed by atoms with E-state index in [9.17, 15) is 4.79 Å². The lowest BCUT2D eigenvalue weighted by atomic mass is 9.77. The molecule has 45 heavy (non-hydrogen) atoms. The number of benzene rings is 5. The Morgan fingerprint density at radius 2 is 1.13 bits per heavy atom. The van der Waals surface area contributed by atoms with Crippen molar-refractivity contribution in [1.29, 1.82) is 0 Å². The highest BCUT2D eigenvalue weighted by Crippen LogP contribution is 2.49. The standard InChI is InChI=1S/C43H34O2/c1-26-10-8-9-21-42(2,3)37-24-29(13-17-31(26)37)27-15-19-39-34(22-27)41(44)35-23-28(16-20-40(35)45-39)30-14-18-33-32-11-6-7-12-36(32)43(4,5)38(33)25-30/h6-25H,1H2,2-5H3/b10-8-,21-9-. The third kappa shape index (κ3) is 4.20. The van der Waals surface area contributed by atoms with Crippen molar-refractivity contribution in [2.75, 3.05) is 0 Å². The van der Waals surface area contributed by atoms with Crippen LogP contribution in [0.5, 0.6) is 0 Å². The van der Waals surface area contributed by atoms with Gasteiger partial charge < -0.3 is 4.42 Å². The van der Waals surface area contributed by atoms with Gasteiger partial charge in [-0.05, 0) is 97.6 Å². The summed E-state index contributed by atoms with van der Waals surface area (Å²) in [5, 5.41) is 1.17. The second kappa shape index (κ2) is 9.64. The molecule has 6 aromatic rings. The van der Waals surface area contributed by atoms with Crippen LogP contribution in [0.2, 0.25) is 0 Å². The van der Waals surface area contributed by atoms with E-state index in [1.807, 2.05) is 42.5 Å². The third-order valence-electron chi connectivity index (χ3n) is 9.90. The molecule has 0 bridgehead atoms. The van der Waals surface area contributed by atoms with Gasteiger partial charge in [0.1, 0.15) is 11.2 Å². The van der Waals surface area contributed by atoms with E-state index in [0.717, 1.165) is 33.4 Å². The second-order valence-corrected chi connectivity index (χ2v) is 13.5. The first-order valence-electron chi connectivity index (χ1n) is 15.6. The van der Waals surface area contributed by atoms with E-state index in [2.05, 4.69) is 113 Å². The Kier molecular flexibility index (Phi) is 5.86. The Morgan fingerprint density at radius 3 is 1.82 bits per heavy atom. The van der Waals surface area contributed by atoms with Gasteiger partial charge >= 0.3 is 0 Å². The third-order valence-corrected chi connectivity index (χ3v) is 9.90. The van der Waals surface area contributed by atoms with Gasteiger partial charge in [-0.15, -0.1) is 0 Å². The minimum atomic E-state index is -0.170. The topological polar surface area (TPSA) is 30.2 Å². The molecule has 1 heterocycles. The molecule has 1 aromatic heterocycles.